The van der Waals surface area contributed by atoms with Gasteiger partial charge in [0.25, 0.3) is 0 Å². The van der Waals surface area contributed by atoms with E-state index in [1.54, 1.807) is 0 Å². The SMILES string of the molecule is N.O=S(=O)(OCC(O)O)C(F)(F)C(F)(F)C(F)(F)C(F)(F)C(F)(F)C(F)(F)C(F)(F)C(F)(F)F. The summed E-state index contributed by atoms with van der Waals surface area (Å²) in [6.07, 6.45) is -11.1. The Balaban J connectivity index is 0. The van der Waals surface area contributed by atoms with Crippen molar-refractivity contribution in [3.05, 3.63) is 0 Å². The van der Waals surface area contributed by atoms with Crippen molar-refractivity contribution in [3.63, 3.8) is 0 Å². The second kappa shape index (κ2) is 8.92. The molecule has 0 unspecified atom stereocenters. The van der Waals surface area contributed by atoms with Gasteiger partial charge < -0.3 is 16.4 Å². The fraction of sp³-hybridized carbons (Fsp3) is 1.00. The number of alkyl halides is 17. The number of hydrogen-bond donors (Lipinski definition) is 3. The van der Waals surface area contributed by atoms with E-state index in [0.29, 0.717) is 0 Å². The Labute approximate surface area is 175 Å². The normalized spacial score (nSPS) is 16.0. The summed E-state index contributed by atoms with van der Waals surface area (Å²) in [6, 6.07) is 0. The first-order valence-electron chi connectivity index (χ1n) is 6.88. The van der Waals surface area contributed by atoms with Crippen LogP contribution in [0.15, 0.2) is 0 Å². The van der Waals surface area contributed by atoms with Crippen LogP contribution in [-0.4, -0.2) is 78.5 Å². The van der Waals surface area contributed by atoms with E-state index in [2.05, 4.69) is 4.18 Å². The van der Waals surface area contributed by atoms with Gasteiger partial charge in [0, 0.05) is 0 Å². The van der Waals surface area contributed by atoms with Gasteiger partial charge in [0.2, 0.25) is 0 Å². The number of hydrogen-bond acceptors (Lipinski definition) is 6. The molecule has 0 heterocycles. The maximum Gasteiger partial charge on any atom is 0.460 e. The third-order valence-corrected chi connectivity index (χ3v) is 4.71. The molecule has 208 valence electrons. The first-order chi connectivity index (χ1) is 13.9. The van der Waals surface area contributed by atoms with Crippen LogP contribution < -0.4 is 6.15 Å². The molecule has 6 nitrogen and oxygen atoms in total. The highest BCUT2D eigenvalue weighted by molar-refractivity contribution is 7.87. The van der Waals surface area contributed by atoms with Crippen molar-refractivity contribution in [1.29, 1.82) is 0 Å². The van der Waals surface area contributed by atoms with Gasteiger partial charge in [-0.15, -0.1) is 0 Å². The number of halogens is 17. The van der Waals surface area contributed by atoms with E-state index in [0.717, 1.165) is 0 Å². The van der Waals surface area contributed by atoms with Gasteiger partial charge in [0.15, 0.2) is 6.29 Å². The molecule has 0 saturated carbocycles. The predicted octanol–water partition coefficient (Wildman–Crippen LogP) is 3.77. The average molecular weight is 577 g/mol. The van der Waals surface area contributed by atoms with E-state index in [9.17, 15) is 83.1 Å². The van der Waals surface area contributed by atoms with Crippen LogP contribution >= 0.6 is 0 Å². The second-order valence-electron chi connectivity index (χ2n) is 5.68. The summed E-state index contributed by atoms with van der Waals surface area (Å²) in [5, 5.41) is 8.42. The van der Waals surface area contributed by atoms with Crippen molar-refractivity contribution in [2.45, 2.75) is 53.3 Å². The topological polar surface area (TPSA) is 119 Å². The number of aliphatic hydroxyl groups is 2. The molecule has 0 aliphatic heterocycles. The van der Waals surface area contributed by atoms with Gasteiger partial charge in [-0.2, -0.15) is 83.1 Å². The summed E-state index contributed by atoms with van der Waals surface area (Å²) in [7, 11) is -7.77. The Bertz CT molecular complexity index is 821. The molecule has 0 radical (unpaired) electrons. The molecule has 0 aromatic carbocycles. The van der Waals surface area contributed by atoms with Gasteiger partial charge in [-0.05, 0) is 0 Å². The highest BCUT2D eigenvalue weighted by Crippen LogP contribution is 2.64. The van der Waals surface area contributed by atoms with Crippen molar-refractivity contribution in [2.75, 3.05) is 6.61 Å². The molecule has 5 N–H and O–H groups in total. The van der Waals surface area contributed by atoms with E-state index >= 15 is 0 Å². The van der Waals surface area contributed by atoms with Crippen LogP contribution in [0, 0.1) is 0 Å². The summed E-state index contributed by atoms with van der Waals surface area (Å²) in [4.78, 5) is 0. The smallest absolute Gasteiger partial charge is 0.366 e. The first-order valence-corrected chi connectivity index (χ1v) is 8.29. The Hall–Kier alpha value is -1.40. The van der Waals surface area contributed by atoms with Crippen molar-refractivity contribution in [3.8, 4) is 0 Å². The van der Waals surface area contributed by atoms with E-state index in [4.69, 9.17) is 10.2 Å². The van der Waals surface area contributed by atoms with Crippen LogP contribution in [0.4, 0.5) is 74.6 Å². The van der Waals surface area contributed by atoms with Crippen LogP contribution in [0.5, 0.6) is 0 Å². The molecule has 34 heavy (non-hydrogen) atoms. The lowest BCUT2D eigenvalue weighted by Crippen LogP contribution is -2.75. The Kier molecular flexibility index (Phi) is 9.12. The van der Waals surface area contributed by atoms with E-state index in [1.807, 2.05) is 0 Å². The van der Waals surface area contributed by atoms with Crippen LogP contribution in [-0.2, 0) is 14.3 Å². The third-order valence-electron chi connectivity index (χ3n) is 3.38. The summed E-state index contributed by atoms with van der Waals surface area (Å²) in [5.74, 6) is -52.3. The molecule has 0 aromatic heterocycles. The summed E-state index contributed by atoms with van der Waals surface area (Å²) >= 11 is 0. The molecule has 0 aliphatic rings. The van der Waals surface area contributed by atoms with E-state index in [-0.39, 0.29) is 6.15 Å². The predicted molar refractivity (Wildman–Crippen MR) is 68.8 cm³/mol. The zero-order valence-electron chi connectivity index (χ0n) is 14.9. The van der Waals surface area contributed by atoms with Gasteiger partial charge in [0.1, 0.15) is 6.61 Å². The molecule has 0 rings (SSSR count). The standard InChI is InChI=1S/C10H5F17O5S.H3N/c11-3(12,5(15,16)7(19,20)9(23,24)25)4(13,14)6(17,18)8(21,22)10(26,27)33(30,31)32-1-2(28)29;/h2,28-29H,1H2;1H3. The van der Waals surface area contributed by atoms with Crippen molar-refractivity contribution in [1.82, 2.24) is 6.15 Å². The molecule has 24 heteroatoms. The molecule has 0 aliphatic carbocycles. The lowest BCUT2D eigenvalue weighted by Gasteiger charge is -2.42. The molecule has 0 saturated heterocycles. The molecule has 0 aromatic rings. The van der Waals surface area contributed by atoms with Crippen molar-refractivity contribution >= 4 is 10.1 Å². The van der Waals surface area contributed by atoms with Gasteiger partial charge >= 0.3 is 57.1 Å². The zero-order chi connectivity index (χ0) is 27.5. The molecule has 0 bridgehead atoms. The number of rotatable bonds is 10. The number of aliphatic hydroxyl groups excluding tert-OH is 1. The maximum atomic E-state index is 13.4. The minimum absolute atomic E-state index is 0. The van der Waals surface area contributed by atoms with E-state index < -0.39 is 70.0 Å². The largest absolute Gasteiger partial charge is 0.460 e. The van der Waals surface area contributed by atoms with Crippen LogP contribution in [0.3, 0.4) is 0 Å². The summed E-state index contributed by atoms with van der Waals surface area (Å²) in [5.41, 5.74) is 0. The monoisotopic (exact) mass is 577 g/mol. The lowest BCUT2D eigenvalue weighted by molar-refractivity contribution is -0.458. The minimum Gasteiger partial charge on any atom is -0.366 e. The highest BCUT2D eigenvalue weighted by atomic mass is 32.2. The molecule has 0 atom stereocenters. The zero-order valence-corrected chi connectivity index (χ0v) is 15.8. The van der Waals surface area contributed by atoms with Gasteiger partial charge in [0.05, 0.1) is 0 Å². The molecular weight excluding hydrogens is 569 g/mol. The lowest BCUT2D eigenvalue weighted by atomic mass is 9.91. The fourth-order valence-corrected chi connectivity index (χ4v) is 2.42. The quantitative estimate of drug-likeness (QED) is 0.207. The van der Waals surface area contributed by atoms with Crippen molar-refractivity contribution in [2.24, 2.45) is 0 Å². The second-order valence-corrected chi connectivity index (χ2v) is 7.34. The Morgan fingerprint density at radius 1 is 0.559 bits per heavy atom. The fourth-order valence-electron chi connectivity index (χ4n) is 1.53. The third kappa shape index (κ3) is 4.57. The van der Waals surface area contributed by atoms with Crippen LogP contribution in [0.1, 0.15) is 0 Å². The first kappa shape index (κ1) is 34.8. The van der Waals surface area contributed by atoms with Gasteiger partial charge in [-0.25, -0.2) is 0 Å². The van der Waals surface area contributed by atoms with Crippen LogP contribution in [0.2, 0.25) is 0 Å². The van der Waals surface area contributed by atoms with Gasteiger partial charge in [-0.3, -0.25) is 4.18 Å². The molecular formula is C10H8F17NO5S. The van der Waals surface area contributed by atoms with E-state index in [1.165, 1.54) is 0 Å². The minimum atomic E-state index is -8.95. The van der Waals surface area contributed by atoms with Crippen LogP contribution in [0.25, 0.3) is 0 Å². The van der Waals surface area contributed by atoms with Crippen molar-refractivity contribution < 1.29 is 97.5 Å². The average Bonchev–Trinajstić information content (AvgIpc) is 2.57. The Morgan fingerprint density at radius 3 is 1.09 bits per heavy atom. The summed E-state index contributed by atoms with van der Waals surface area (Å²) < 4.78 is 244. The maximum absolute atomic E-state index is 13.4. The summed E-state index contributed by atoms with van der Waals surface area (Å²) in [6.45, 7) is -2.41. The Morgan fingerprint density at radius 2 is 0.824 bits per heavy atom. The van der Waals surface area contributed by atoms with Gasteiger partial charge in [-0.1, -0.05) is 0 Å². The molecule has 0 amide bonds. The molecule has 0 fully saturated rings. The molecule has 0 spiro atoms. The highest BCUT2D eigenvalue weighted by Gasteiger charge is 2.96.